The van der Waals surface area contributed by atoms with Gasteiger partial charge in [-0.05, 0) is 30.3 Å². The van der Waals surface area contributed by atoms with Gasteiger partial charge in [-0.25, -0.2) is 9.97 Å². The van der Waals surface area contributed by atoms with Crippen LogP contribution in [0.2, 0.25) is 0 Å². The van der Waals surface area contributed by atoms with Crippen LogP contribution in [-0.2, 0) is 0 Å². The maximum Gasteiger partial charge on any atom is 0.240 e. The molecule has 0 bridgehead atoms. The lowest BCUT2D eigenvalue weighted by atomic mass is 10.2. The average Bonchev–Trinajstić information content (AvgIpc) is 2.55. The third-order valence-electron chi connectivity index (χ3n) is 3.14. The molecule has 0 radical (unpaired) electrons. The van der Waals surface area contributed by atoms with Gasteiger partial charge in [0.05, 0.1) is 19.6 Å². The summed E-state index contributed by atoms with van der Waals surface area (Å²) in [4.78, 5) is 12.6. The molecule has 3 aromatic rings. The number of nitrogen functional groups attached to an aromatic ring is 1. The highest BCUT2D eigenvalue weighted by Crippen LogP contribution is 2.29. The number of aromatic nitrogens is 3. The van der Waals surface area contributed by atoms with Crippen molar-refractivity contribution in [2.45, 2.75) is 0 Å². The maximum atomic E-state index is 5.78. The summed E-state index contributed by atoms with van der Waals surface area (Å²) in [6.07, 6.45) is 1.64. The number of ether oxygens (including phenoxy) is 2. The van der Waals surface area contributed by atoms with Crippen LogP contribution in [0.25, 0.3) is 10.9 Å². The van der Waals surface area contributed by atoms with Crippen molar-refractivity contribution in [3.05, 3.63) is 36.5 Å². The van der Waals surface area contributed by atoms with Crippen LogP contribution in [0.1, 0.15) is 0 Å². The smallest absolute Gasteiger partial charge is 0.240 e. The standard InChI is InChI=1S/C15H15N5O2/c1-21-10-5-3-9(4-6-10)18-13-11-7-8-17-14(22-2)12(11)19-15(16)20-13/h3-8H,1-2H3,(H3,16,18,19,20). The van der Waals surface area contributed by atoms with Gasteiger partial charge < -0.3 is 20.5 Å². The van der Waals surface area contributed by atoms with E-state index < -0.39 is 0 Å². The predicted molar refractivity (Wildman–Crippen MR) is 84.6 cm³/mol. The van der Waals surface area contributed by atoms with E-state index in [1.54, 1.807) is 13.3 Å². The van der Waals surface area contributed by atoms with Gasteiger partial charge in [0.25, 0.3) is 0 Å². The second kappa shape index (κ2) is 5.72. The molecular weight excluding hydrogens is 282 g/mol. The number of benzene rings is 1. The van der Waals surface area contributed by atoms with Gasteiger partial charge in [-0.3, -0.25) is 0 Å². The van der Waals surface area contributed by atoms with E-state index in [0.29, 0.717) is 17.2 Å². The van der Waals surface area contributed by atoms with Gasteiger partial charge in [0.2, 0.25) is 11.8 Å². The Morgan fingerprint density at radius 3 is 2.45 bits per heavy atom. The number of nitrogens with two attached hydrogens (primary N) is 1. The fourth-order valence-electron chi connectivity index (χ4n) is 2.10. The molecule has 1 aromatic carbocycles. The SMILES string of the molecule is COc1ccc(Nc2nc(N)nc3c(OC)nccc23)cc1. The van der Waals surface area contributed by atoms with E-state index in [-0.39, 0.29) is 5.95 Å². The first-order chi connectivity index (χ1) is 10.7. The van der Waals surface area contributed by atoms with Gasteiger partial charge in [0.15, 0.2) is 0 Å². The van der Waals surface area contributed by atoms with Crippen molar-refractivity contribution < 1.29 is 9.47 Å². The summed E-state index contributed by atoms with van der Waals surface area (Å²) in [5.74, 6) is 1.93. The van der Waals surface area contributed by atoms with Gasteiger partial charge >= 0.3 is 0 Å². The molecule has 0 spiro atoms. The number of anilines is 3. The Bertz CT molecular complexity index is 805. The first-order valence-electron chi connectivity index (χ1n) is 6.58. The largest absolute Gasteiger partial charge is 0.497 e. The van der Waals surface area contributed by atoms with Crippen molar-refractivity contribution in [1.29, 1.82) is 0 Å². The van der Waals surface area contributed by atoms with Crippen molar-refractivity contribution >= 4 is 28.4 Å². The number of nitrogens with one attached hydrogen (secondary N) is 1. The Labute approximate surface area is 127 Å². The minimum Gasteiger partial charge on any atom is -0.497 e. The molecule has 0 aliphatic rings. The van der Waals surface area contributed by atoms with E-state index in [1.807, 2.05) is 30.3 Å². The van der Waals surface area contributed by atoms with Crippen LogP contribution in [0, 0.1) is 0 Å². The fourth-order valence-corrected chi connectivity index (χ4v) is 2.10. The molecule has 7 nitrogen and oxygen atoms in total. The van der Waals surface area contributed by atoms with E-state index in [1.165, 1.54) is 7.11 Å². The van der Waals surface area contributed by atoms with Crippen molar-refractivity contribution in [3.8, 4) is 11.6 Å². The zero-order valence-electron chi connectivity index (χ0n) is 12.2. The molecule has 0 aliphatic carbocycles. The molecule has 0 atom stereocenters. The summed E-state index contributed by atoms with van der Waals surface area (Å²) in [5, 5.41) is 4.00. The lowest BCUT2D eigenvalue weighted by molar-refractivity contribution is 0.402. The summed E-state index contributed by atoms with van der Waals surface area (Å²) in [7, 11) is 3.16. The van der Waals surface area contributed by atoms with Gasteiger partial charge in [-0.15, -0.1) is 0 Å². The molecule has 0 saturated heterocycles. The van der Waals surface area contributed by atoms with Gasteiger partial charge in [0, 0.05) is 11.9 Å². The second-order valence-corrected chi connectivity index (χ2v) is 4.50. The number of hydrogen-bond donors (Lipinski definition) is 2. The van der Waals surface area contributed by atoms with E-state index in [4.69, 9.17) is 15.2 Å². The summed E-state index contributed by atoms with van der Waals surface area (Å²) in [5.41, 5.74) is 7.20. The lowest BCUT2D eigenvalue weighted by Gasteiger charge is -2.11. The molecule has 0 aliphatic heterocycles. The zero-order valence-corrected chi connectivity index (χ0v) is 12.2. The minimum absolute atomic E-state index is 0.148. The third-order valence-corrected chi connectivity index (χ3v) is 3.14. The highest BCUT2D eigenvalue weighted by molar-refractivity contribution is 5.94. The summed E-state index contributed by atoms with van der Waals surface area (Å²) in [6, 6.07) is 9.31. The number of fused-ring (bicyclic) bond motifs is 1. The van der Waals surface area contributed by atoms with Crippen LogP contribution >= 0.6 is 0 Å². The van der Waals surface area contributed by atoms with Gasteiger partial charge in [-0.2, -0.15) is 4.98 Å². The summed E-state index contributed by atoms with van der Waals surface area (Å²) >= 11 is 0. The Balaban J connectivity index is 2.05. The number of pyridine rings is 1. The van der Waals surface area contributed by atoms with Crippen LogP contribution in [0.3, 0.4) is 0 Å². The molecule has 3 N–H and O–H groups in total. The first kappa shape index (κ1) is 13.9. The van der Waals surface area contributed by atoms with E-state index >= 15 is 0 Å². The molecular formula is C15H15N5O2. The fraction of sp³-hybridized carbons (Fsp3) is 0.133. The van der Waals surface area contributed by atoms with E-state index in [0.717, 1.165) is 16.8 Å². The topological polar surface area (TPSA) is 95.2 Å². The molecule has 0 unspecified atom stereocenters. The van der Waals surface area contributed by atoms with Crippen LogP contribution in [0.15, 0.2) is 36.5 Å². The Morgan fingerprint density at radius 2 is 1.77 bits per heavy atom. The van der Waals surface area contributed by atoms with Gasteiger partial charge in [0.1, 0.15) is 17.1 Å². The van der Waals surface area contributed by atoms with Crippen LogP contribution < -0.4 is 20.5 Å². The molecule has 0 saturated carbocycles. The lowest BCUT2D eigenvalue weighted by Crippen LogP contribution is -2.03. The highest BCUT2D eigenvalue weighted by Gasteiger charge is 2.11. The van der Waals surface area contributed by atoms with E-state index in [2.05, 4.69) is 20.3 Å². The van der Waals surface area contributed by atoms with Crippen molar-refractivity contribution in [2.75, 3.05) is 25.3 Å². The first-order valence-corrected chi connectivity index (χ1v) is 6.58. The van der Waals surface area contributed by atoms with Crippen LogP contribution in [0.5, 0.6) is 11.6 Å². The van der Waals surface area contributed by atoms with Gasteiger partial charge in [-0.1, -0.05) is 0 Å². The second-order valence-electron chi connectivity index (χ2n) is 4.50. The number of methoxy groups -OCH3 is 2. The molecule has 22 heavy (non-hydrogen) atoms. The predicted octanol–water partition coefficient (Wildman–Crippen LogP) is 2.37. The molecule has 0 amide bonds. The zero-order chi connectivity index (χ0) is 15.5. The number of hydrogen-bond acceptors (Lipinski definition) is 7. The normalized spacial score (nSPS) is 10.5. The van der Waals surface area contributed by atoms with E-state index in [9.17, 15) is 0 Å². The minimum atomic E-state index is 0.148. The monoisotopic (exact) mass is 297 g/mol. The maximum absolute atomic E-state index is 5.78. The Morgan fingerprint density at radius 1 is 1.00 bits per heavy atom. The van der Waals surface area contributed by atoms with Crippen molar-refractivity contribution in [1.82, 2.24) is 15.0 Å². The Hall–Kier alpha value is -3.09. The van der Waals surface area contributed by atoms with Crippen molar-refractivity contribution in [2.24, 2.45) is 0 Å². The van der Waals surface area contributed by atoms with Crippen molar-refractivity contribution in [3.63, 3.8) is 0 Å². The third kappa shape index (κ3) is 2.56. The summed E-state index contributed by atoms with van der Waals surface area (Å²) < 4.78 is 10.4. The number of nitrogens with zero attached hydrogens (tertiary/aromatic N) is 3. The molecule has 7 heteroatoms. The van der Waals surface area contributed by atoms with Crippen LogP contribution in [-0.4, -0.2) is 29.2 Å². The quantitative estimate of drug-likeness (QED) is 0.763. The number of rotatable bonds is 4. The average molecular weight is 297 g/mol. The highest BCUT2D eigenvalue weighted by atomic mass is 16.5. The van der Waals surface area contributed by atoms with Crippen LogP contribution in [0.4, 0.5) is 17.5 Å². The molecule has 0 fully saturated rings. The molecule has 2 heterocycles. The molecule has 2 aromatic heterocycles. The molecule has 112 valence electrons. The molecule has 3 rings (SSSR count). The summed E-state index contributed by atoms with van der Waals surface area (Å²) in [6.45, 7) is 0. The Kier molecular flexibility index (Phi) is 3.61.